The zero-order chi connectivity index (χ0) is 12.8. The number of aryl methyl sites for hydroxylation is 1. The highest BCUT2D eigenvalue weighted by atomic mass is 19.1. The summed E-state index contributed by atoms with van der Waals surface area (Å²) in [6.45, 7) is 7.27. The maximum absolute atomic E-state index is 13.4. The van der Waals surface area contributed by atoms with Gasteiger partial charge in [-0.1, -0.05) is 26.8 Å². The molecular formula is C14H21F2N. The van der Waals surface area contributed by atoms with E-state index in [2.05, 4.69) is 26.1 Å². The third-order valence-electron chi connectivity index (χ3n) is 2.80. The fraction of sp³-hybridized carbons (Fsp3) is 0.571. The minimum absolute atomic E-state index is 0.436. The fourth-order valence-corrected chi connectivity index (χ4v) is 1.67. The highest BCUT2D eigenvalue weighted by Crippen LogP contribution is 2.14. The van der Waals surface area contributed by atoms with Gasteiger partial charge in [0.25, 0.3) is 0 Å². The molecule has 0 heterocycles. The highest BCUT2D eigenvalue weighted by Gasteiger charge is 2.07. The minimum atomic E-state index is -0.513. The lowest BCUT2D eigenvalue weighted by atomic mass is 10.0. The molecule has 1 nitrogen and oxygen atoms in total. The van der Waals surface area contributed by atoms with Crippen molar-refractivity contribution < 1.29 is 8.78 Å². The second kappa shape index (κ2) is 6.70. The Hall–Kier alpha value is -0.960. The van der Waals surface area contributed by atoms with E-state index in [0.717, 1.165) is 19.0 Å². The molecule has 0 saturated heterocycles. The lowest BCUT2D eigenvalue weighted by molar-refractivity contribution is 0.449. The topological polar surface area (TPSA) is 12.0 Å². The van der Waals surface area contributed by atoms with Crippen LogP contribution >= 0.6 is 0 Å². The maximum atomic E-state index is 13.4. The summed E-state index contributed by atoms with van der Waals surface area (Å²) in [6, 6.07) is 4.27. The first-order valence-corrected chi connectivity index (χ1v) is 6.16. The number of benzene rings is 1. The summed E-state index contributed by atoms with van der Waals surface area (Å²) in [4.78, 5) is 0. The van der Waals surface area contributed by atoms with Crippen LogP contribution in [-0.4, -0.2) is 12.6 Å². The molecule has 0 saturated carbocycles. The molecule has 0 spiro atoms. The van der Waals surface area contributed by atoms with Crippen LogP contribution in [0.1, 0.15) is 32.8 Å². The Bertz CT molecular complexity index is 350. The zero-order valence-electron chi connectivity index (χ0n) is 10.8. The van der Waals surface area contributed by atoms with E-state index in [1.165, 1.54) is 12.1 Å². The van der Waals surface area contributed by atoms with E-state index in [9.17, 15) is 8.78 Å². The molecule has 0 aliphatic heterocycles. The van der Waals surface area contributed by atoms with Crippen molar-refractivity contribution in [2.24, 2.45) is 5.92 Å². The van der Waals surface area contributed by atoms with Gasteiger partial charge in [-0.25, -0.2) is 8.78 Å². The van der Waals surface area contributed by atoms with Crippen LogP contribution in [0.25, 0.3) is 0 Å². The molecule has 0 amide bonds. The summed E-state index contributed by atoms with van der Waals surface area (Å²) >= 11 is 0. The first-order chi connectivity index (χ1) is 7.99. The van der Waals surface area contributed by atoms with Gasteiger partial charge in [0.05, 0.1) is 0 Å². The quantitative estimate of drug-likeness (QED) is 0.803. The Morgan fingerprint density at radius 3 is 2.47 bits per heavy atom. The van der Waals surface area contributed by atoms with E-state index in [1.807, 2.05) is 0 Å². The van der Waals surface area contributed by atoms with Crippen LogP contribution in [0.15, 0.2) is 18.2 Å². The third kappa shape index (κ3) is 5.26. The molecule has 0 fully saturated rings. The lowest BCUT2D eigenvalue weighted by Gasteiger charge is -2.14. The number of hydrogen-bond acceptors (Lipinski definition) is 1. The van der Waals surface area contributed by atoms with Crippen molar-refractivity contribution in [1.29, 1.82) is 0 Å². The molecule has 1 atom stereocenters. The van der Waals surface area contributed by atoms with Gasteiger partial charge in [-0.2, -0.15) is 0 Å². The smallest absolute Gasteiger partial charge is 0.129 e. The van der Waals surface area contributed by atoms with Gasteiger partial charge in [-0.15, -0.1) is 0 Å². The largest absolute Gasteiger partial charge is 0.314 e. The monoisotopic (exact) mass is 241 g/mol. The summed E-state index contributed by atoms with van der Waals surface area (Å²) in [5.41, 5.74) is 0.600. The van der Waals surface area contributed by atoms with E-state index >= 15 is 0 Å². The van der Waals surface area contributed by atoms with E-state index in [4.69, 9.17) is 0 Å². The summed E-state index contributed by atoms with van der Waals surface area (Å²) in [6.07, 6.45) is 1.56. The van der Waals surface area contributed by atoms with Gasteiger partial charge in [0, 0.05) is 12.1 Å². The van der Waals surface area contributed by atoms with Crippen LogP contribution in [0.3, 0.4) is 0 Å². The molecule has 0 aromatic heterocycles. The van der Waals surface area contributed by atoms with Gasteiger partial charge in [-0.05, 0) is 36.9 Å². The molecule has 1 unspecified atom stereocenters. The van der Waals surface area contributed by atoms with Gasteiger partial charge in [0.15, 0.2) is 0 Å². The van der Waals surface area contributed by atoms with Crippen molar-refractivity contribution in [2.75, 3.05) is 6.54 Å². The van der Waals surface area contributed by atoms with Crippen molar-refractivity contribution in [1.82, 2.24) is 5.32 Å². The first-order valence-electron chi connectivity index (χ1n) is 6.16. The van der Waals surface area contributed by atoms with Crippen molar-refractivity contribution >= 4 is 0 Å². The summed E-state index contributed by atoms with van der Waals surface area (Å²) in [7, 11) is 0. The molecule has 96 valence electrons. The zero-order valence-corrected chi connectivity index (χ0v) is 10.8. The molecule has 1 rings (SSSR count). The van der Waals surface area contributed by atoms with Crippen LogP contribution in [0, 0.1) is 17.6 Å². The molecule has 17 heavy (non-hydrogen) atoms. The molecule has 1 N–H and O–H groups in total. The van der Waals surface area contributed by atoms with Crippen LogP contribution in [0.5, 0.6) is 0 Å². The van der Waals surface area contributed by atoms with E-state index < -0.39 is 11.6 Å². The molecule has 1 aromatic rings. The average Bonchev–Trinajstić information content (AvgIpc) is 2.25. The molecule has 0 radical (unpaired) electrons. The maximum Gasteiger partial charge on any atom is 0.129 e. The Morgan fingerprint density at radius 2 is 1.88 bits per heavy atom. The highest BCUT2D eigenvalue weighted by molar-refractivity contribution is 5.18. The van der Waals surface area contributed by atoms with E-state index in [1.54, 1.807) is 0 Å². The SMILES string of the molecule is CC(CCc1ccc(F)cc1F)CNC(C)C. The molecule has 3 heteroatoms. The van der Waals surface area contributed by atoms with Crippen molar-refractivity contribution in [2.45, 2.75) is 39.7 Å². The number of nitrogens with one attached hydrogen (secondary N) is 1. The summed E-state index contributed by atoms with van der Waals surface area (Å²) in [5, 5.41) is 3.35. The van der Waals surface area contributed by atoms with Crippen molar-refractivity contribution in [3.8, 4) is 0 Å². The lowest BCUT2D eigenvalue weighted by Crippen LogP contribution is -2.28. The van der Waals surface area contributed by atoms with E-state index in [0.29, 0.717) is 23.9 Å². The number of hydrogen-bond donors (Lipinski definition) is 1. The first kappa shape index (κ1) is 14.1. The predicted molar refractivity (Wildman–Crippen MR) is 67.0 cm³/mol. The Balaban J connectivity index is 2.39. The number of halogens is 2. The minimum Gasteiger partial charge on any atom is -0.314 e. The van der Waals surface area contributed by atoms with Gasteiger partial charge in [-0.3, -0.25) is 0 Å². The van der Waals surface area contributed by atoms with Crippen LogP contribution in [0.4, 0.5) is 8.78 Å². The molecule has 0 bridgehead atoms. The third-order valence-corrected chi connectivity index (χ3v) is 2.80. The summed E-state index contributed by atoms with van der Waals surface area (Å²) < 4.78 is 26.1. The fourth-order valence-electron chi connectivity index (χ4n) is 1.67. The van der Waals surface area contributed by atoms with Crippen LogP contribution in [0.2, 0.25) is 0 Å². The Kier molecular flexibility index (Phi) is 5.56. The van der Waals surface area contributed by atoms with Crippen molar-refractivity contribution in [3.05, 3.63) is 35.4 Å². The van der Waals surface area contributed by atoms with Gasteiger partial charge < -0.3 is 5.32 Å². The standard InChI is InChI=1S/C14H21F2N/c1-10(2)17-9-11(3)4-5-12-6-7-13(15)8-14(12)16/h6-8,10-11,17H,4-5,9H2,1-3H3. The Morgan fingerprint density at radius 1 is 1.18 bits per heavy atom. The molecule has 1 aromatic carbocycles. The van der Waals surface area contributed by atoms with Gasteiger partial charge in [0.1, 0.15) is 11.6 Å². The molecule has 0 aliphatic carbocycles. The Labute approximate surface area is 102 Å². The van der Waals surface area contributed by atoms with Gasteiger partial charge in [0.2, 0.25) is 0 Å². The van der Waals surface area contributed by atoms with Gasteiger partial charge >= 0.3 is 0 Å². The number of rotatable bonds is 6. The summed E-state index contributed by atoms with van der Waals surface area (Å²) in [5.74, 6) is -0.461. The van der Waals surface area contributed by atoms with Crippen LogP contribution in [-0.2, 0) is 6.42 Å². The molecule has 0 aliphatic rings. The van der Waals surface area contributed by atoms with Crippen LogP contribution < -0.4 is 5.32 Å². The second-order valence-corrected chi connectivity index (χ2v) is 4.94. The van der Waals surface area contributed by atoms with Crippen molar-refractivity contribution in [3.63, 3.8) is 0 Å². The average molecular weight is 241 g/mol. The normalized spacial score (nSPS) is 13.1. The predicted octanol–water partition coefficient (Wildman–Crippen LogP) is 3.53. The second-order valence-electron chi connectivity index (χ2n) is 4.94. The molecular weight excluding hydrogens is 220 g/mol. The van der Waals surface area contributed by atoms with E-state index in [-0.39, 0.29) is 0 Å².